The third-order valence-electron chi connectivity index (χ3n) is 4.24. The number of carbonyl (C=O) groups excluding carboxylic acids is 1. The van der Waals surface area contributed by atoms with E-state index in [2.05, 4.69) is 37.4 Å². The first-order chi connectivity index (χ1) is 13.4. The van der Waals surface area contributed by atoms with Crippen LogP contribution >= 0.6 is 11.8 Å². The predicted octanol–water partition coefficient (Wildman–Crippen LogP) is 1.81. The largest absolute Gasteiger partial charge is 0.337 e. The Morgan fingerprint density at radius 1 is 1.25 bits per heavy atom. The van der Waals surface area contributed by atoms with Gasteiger partial charge in [-0.25, -0.2) is 14.2 Å². The summed E-state index contributed by atoms with van der Waals surface area (Å²) in [5, 5.41) is 3.99. The minimum atomic E-state index is -1.17. The van der Waals surface area contributed by atoms with Crippen molar-refractivity contribution >= 4 is 32.5 Å². The van der Waals surface area contributed by atoms with Crippen molar-refractivity contribution in [1.29, 1.82) is 0 Å². The Morgan fingerprint density at radius 3 is 2.79 bits per heavy atom. The molecule has 2 N–H and O–H groups in total. The lowest BCUT2D eigenvalue weighted by Gasteiger charge is -2.08. The number of halogens is 1. The molecular weight excluding hydrogens is 397 g/mol. The summed E-state index contributed by atoms with van der Waals surface area (Å²) in [7, 11) is 0.831. The van der Waals surface area contributed by atoms with Gasteiger partial charge in [0.1, 0.15) is 0 Å². The Hall–Kier alpha value is -2.13. The van der Waals surface area contributed by atoms with Gasteiger partial charge < -0.3 is 5.32 Å². The number of hydrogen-bond donors (Lipinski definition) is 2. The number of nitrogens with one attached hydrogen (secondary N) is 2. The molecule has 1 aromatic heterocycles. The van der Waals surface area contributed by atoms with Crippen LogP contribution in [0, 0.1) is 19.7 Å². The zero-order valence-corrected chi connectivity index (χ0v) is 17.8. The van der Waals surface area contributed by atoms with Gasteiger partial charge in [-0.3, -0.25) is 9.78 Å². The molecule has 2 aromatic rings. The minimum absolute atomic E-state index is 0.378. The van der Waals surface area contributed by atoms with Crippen molar-refractivity contribution < 1.29 is 9.18 Å². The second-order valence-electron chi connectivity index (χ2n) is 6.33. The van der Waals surface area contributed by atoms with E-state index < -0.39 is 23.1 Å². The maximum absolute atomic E-state index is 13.2. The molecule has 28 heavy (non-hydrogen) atoms. The van der Waals surface area contributed by atoms with Gasteiger partial charge in [-0.05, 0) is 49.3 Å². The molecule has 2 radical (unpaired) electrons. The molecule has 0 aliphatic rings. The number of nitrogens with zero attached hydrogens (tertiary/aromatic N) is 1. The molecule has 6 nitrogen and oxygen atoms in total. The standard InChI is InChI=1S/C19H24FN3O3SSi/c1-13-6-3-7-16(14(13)2)28-11-5-10-27-9-4-8-21-18(25)23-12-15(20)17(24)22-19(23)26/h3,6-7,12H,4-5,8-11H2,1-2H3,(H,21,25)(H,22,24,26). The molecule has 150 valence electrons. The zero-order chi connectivity index (χ0) is 20.5. The summed E-state index contributed by atoms with van der Waals surface area (Å²) in [4.78, 5) is 36.0. The van der Waals surface area contributed by atoms with Gasteiger partial charge in [-0.15, -0.1) is 0 Å². The first kappa shape index (κ1) is 22.2. The third-order valence-corrected chi connectivity index (χ3v) is 6.93. The van der Waals surface area contributed by atoms with Crippen LogP contribution in [-0.4, -0.2) is 43.2 Å². The molecule has 0 spiro atoms. The summed E-state index contributed by atoms with van der Waals surface area (Å²) in [5.74, 6) is 0.782. The predicted molar refractivity (Wildman–Crippen MR) is 113 cm³/mol. The Kier molecular flexibility index (Phi) is 8.71. The fourth-order valence-electron chi connectivity index (χ4n) is 2.50. The summed E-state index contributed by atoms with van der Waals surface area (Å²) in [6.07, 6.45) is 2.49. The Balaban J connectivity index is 1.58. The lowest BCUT2D eigenvalue weighted by atomic mass is 10.1. The van der Waals surface area contributed by atoms with Crippen LogP contribution < -0.4 is 21.8 Å². The zero-order valence-electron chi connectivity index (χ0n) is 16.0. The van der Waals surface area contributed by atoms with Crippen molar-refractivity contribution in [1.82, 2.24) is 14.9 Å². The lowest BCUT2D eigenvalue weighted by Crippen LogP contribution is -2.41. The smallest absolute Gasteiger partial charge is 0.336 e. The van der Waals surface area contributed by atoms with E-state index in [0.29, 0.717) is 17.3 Å². The van der Waals surface area contributed by atoms with Crippen LogP contribution in [0.3, 0.4) is 0 Å². The van der Waals surface area contributed by atoms with Crippen LogP contribution in [0.25, 0.3) is 0 Å². The summed E-state index contributed by atoms with van der Waals surface area (Å²) in [6, 6.07) is 6.88. The van der Waals surface area contributed by atoms with Gasteiger partial charge in [-0.1, -0.05) is 29.4 Å². The Bertz CT molecular complexity index is 929. The second-order valence-corrected chi connectivity index (χ2v) is 8.95. The van der Waals surface area contributed by atoms with Crippen molar-refractivity contribution in [2.75, 3.05) is 18.1 Å². The number of rotatable bonds is 9. The van der Waals surface area contributed by atoms with Crippen LogP contribution in [0.15, 0.2) is 34.0 Å². The van der Waals surface area contributed by atoms with Gasteiger partial charge in [0, 0.05) is 6.54 Å². The van der Waals surface area contributed by atoms with E-state index >= 15 is 0 Å². The van der Waals surface area contributed by atoms with Crippen molar-refractivity contribution in [3.8, 4) is 0 Å². The van der Waals surface area contributed by atoms with Crippen molar-refractivity contribution in [2.24, 2.45) is 0 Å². The van der Waals surface area contributed by atoms with E-state index in [0.717, 1.165) is 33.9 Å². The molecule has 0 fully saturated rings. The van der Waals surface area contributed by atoms with Crippen LogP contribution in [0.5, 0.6) is 0 Å². The number of carbonyl (C=O) groups is 1. The highest BCUT2D eigenvalue weighted by Crippen LogP contribution is 2.07. The first-order valence-corrected chi connectivity index (χ1v) is 11.4. The van der Waals surface area contributed by atoms with Gasteiger partial charge in [0.2, 0.25) is 5.82 Å². The highest BCUT2D eigenvalue weighted by atomic mass is 32.2. The molecule has 9 heteroatoms. The van der Waals surface area contributed by atoms with E-state index in [1.165, 1.54) is 22.4 Å². The highest BCUT2D eigenvalue weighted by Gasteiger charge is 2.10. The summed E-state index contributed by atoms with van der Waals surface area (Å²) < 4.78 is 13.7. The van der Waals surface area contributed by atoms with Gasteiger partial charge in [-0.2, -0.15) is 16.2 Å². The molecule has 1 aromatic carbocycles. The maximum atomic E-state index is 13.2. The topological polar surface area (TPSA) is 84.0 Å². The molecule has 0 atom stereocenters. The molecule has 0 bridgehead atoms. The molecular formula is C19H24FN3O3SSi. The van der Waals surface area contributed by atoms with E-state index in [-0.39, 0.29) is 0 Å². The molecule has 1 heterocycles. The average molecular weight is 422 g/mol. The number of amides is 1. The second kappa shape index (κ2) is 11.0. The molecule has 0 aliphatic carbocycles. The normalized spacial score (nSPS) is 10.8. The van der Waals surface area contributed by atoms with E-state index in [9.17, 15) is 18.8 Å². The number of aryl methyl sites for hydroxylation is 1. The van der Waals surface area contributed by atoms with E-state index in [1.807, 2.05) is 11.8 Å². The molecule has 0 unspecified atom stereocenters. The van der Waals surface area contributed by atoms with E-state index in [1.54, 1.807) is 4.98 Å². The molecule has 2 rings (SSSR count). The van der Waals surface area contributed by atoms with E-state index in [4.69, 9.17) is 0 Å². The van der Waals surface area contributed by atoms with Crippen molar-refractivity contribution in [3.05, 3.63) is 62.2 Å². The number of thioether (sulfide) groups is 1. The SMILES string of the molecule is Cc1cccc([Si]CCCSCCCNC(=O)n2cc(F)c(=O)[nH]c2=O)c1C. The minimum Gasteiger partial charge on any atom is -0.337 e. The fraction of sp³-hybridized carbons (Fsp3) is 0.421. The maximum Gasteiger partial charge on any atom is 0.336 e. The van der Waals surface area contributed by atoms with Gasteiger partial charge in [0.25, 0.3) is 5.56 Å². The molecule has 0 saturated heterocycles. The number of H-pyrrole nitrogens is 1. The summed E-state index contributed by atoms with van der Waals surface area (Å²) >= 11 is 1.83. The quantitative estimate of drug-likeness (QED) is 0.478. The highest BCUT2D eigenvalue weighted by molar-refractivity contribution is 7.99. The Morgan fingerprint density at radius 2 is 2.00 bits per heavy atom. The van der Waals surface area contributed by atoms with Crippen molar-refractivity contribution in [3.63, 3.8) is 0 Å². The summed E-state index contributed by atoms with van der Waals surface area (Å²) in [5.41, 5.74) is 0.644. The lowest BCUT2D eigenvalue weighted by molar-refractivity contribution is 0.240. The molecule has 1 amide bonds. The first-order valence-electron chi connectivity index (χ1n) is 9.07. The van der Waals surface area contributed by atoms with Crippen LogP contribution in [0.1, 0.15) is 24.0 Å². The number of aromatic nitrogens is 2. The summed E-state index contributed by atoms with van der Waals surface area (Å²) in [6.45, 7) is 4.70. The monoisotopic (exact) mass is 421 g/mol. The third kappa shape index (κ3) is 6.49. The number of hydrogen-bond acceptors (Lipinski definition) is 4. The number of benzene rings is 1. The Labute approximate surface area is 169 Å². The average Bonchev–Trinajstić information content (AvgIpc) is 2.66. The van der Waals surface area contributed by atoms with Crippen LogP contribution in [0.2, 0.25) is 6.04 Å². The van der Waals surface area contributed by atoms with Crippen LogP contribution in [0.4, 0.5) is 9.18 Å². The molecule has 0 saturated carbocycles. The van der Waals surface area contributed by atoms with Gasteiger partial charge in [0.05, 0.1) is 15.7 Å². The fourth-order valence-corrected chi connectivity index (χ4v) is 4.95. The van der Waals surface area contributed by atoms with Gasteiger partial charge >= 0.3 is 11.7 Å². The molecule has 0 aliphatic heterocycles. The number of aromatic amines is 1. The van der Waals surface area contributed by atoms with Gasteiger partial charge in [0.15, 0.2) is 0 Å². The van der Waals surface area contributed by atoms with Crippen molar-refractivity contribution in [2.45, 2.75) is 32.7 Å². The van der Waals surface area contributed by atoms with Crippen LogP contribution in [-0.2, 0) is 0 Å².